The van der Waals surface area contributed by atoms with Crippen LogP contribution in [0.2, 0.25) is 10.0 Å². The second kappa shape index (κ2) is 10.3. The van der Waals surface area contributed by atoms with Crippen LogP contribution in [0.5, 0.6) is 5.88 Å². The molecule has 2 heterocycles. The van der Waals surface area contributed by atoms with E-state index in [4.69, 9.17) is 32.9 Å². The third-order valence-electron chi connectivity index (χ3n) is 5.51. The lowest BCUT2D eigenvalue weighted by atomic mass is 10.1. The minimum atomic E-state index is -0.777. The number of hydrogen-bond acceptors (Lipinski definition) is 5. The van der Waals surface area contributed by atoms with Crippen molar-refractivity contribution < 1.29 is 13.5 Å². The fourth-order valence-corrected chi connectivity index (χ4v) is 3.99. The molecule has 0 amide bonds. The summed E-state index contributed by atoms with van der Waals surface area (Å²) in [5, 5.41) is 0.00422. The van der Waals surface area contributed by atoms with Crippen LogP contribution in [0.15, 0.2) is 47.4 Å². The predicted molar refractivity (Wildman–Crippen MR) is 135 cm³/mol. The molecule has 10 heteroatoms. The number of nitrogens with zero attached hydrogens (tertiary/aromatic N) is 4. The minimum absolute atomic E-state index is 0.0906. The SMILES string of the molecule is Cc1cnc(C(C)C)nc1-c1ccc(Cl)c(-n2c(C)nc(OCc3ccc(F)cc3F)c(Cl)c2=O)c1. The molecule has 0 saturated carbocycles. The van der Waals surface area contributed by atoms with Crippen molar-refractivity contribution in [2.75, 3.05) is 0 Å². The van der Waals surface area contributed by atoms with Gasteiger partial charge in [-0.25, -0.2) is 18.7 Å². The van der Waals surface area contributed by atoms with E-state index in [1.807, 2.05) is 26.8 Å². The first-order chi connectivity index (χ1) is 17.1. The molecule has 0 N–H and O–H groups in total. The van der Waals surface area contributed by atoms with Crippen LogP contribution in [-0.2, 0) is 6.61 Å². The summed E-state index contributed by atoms with van der Waals surface area (Å²) in [5.41, 5.74) is 2.17. The molecule has 0 saturated heterocycles. The molecule has 36 heavy (non-hydrogen) atoms. The molecule has 0 aliphatic rings. The van der Waals surface area contributed by atoms with Gasteiger partial charge in [-0.15, -0.1) is 0 Å². The van der Waals surface area contributed by atoms with Crippen LogP contribution < -0.4 is 10.3 Å². The van der Waals surface area contributed by atoms with E-state index in [0.717, 1.165) is 29.0 Å². The number of halogens is 4. The maximum atomic E-state index is 14.0. The maximum absolute atomic E-state index is 14.0. The van der Waals surface area contributed by atoms with Crippen molar-refractivity contribution in [2.24, 2.45) is 0 Å². The van der Waals surface area contributed by atoms with Gasteiger partial charge < -0.3 is 4.74 Å². The lowest BCUT2D eigenvalue weighted by molar-refractivity contribution is 0.285. The summed E-state index contributed by atoms with van der Waals surface area (Å²) in [6.07, 6.45) is 1.76. The Morgan fingerprint density at radius 3 is 2.50 bits per heavy atom. The minimum Gasteiger partial charge on any atom is -0.471 e. The molecule has 4 aromatic rings. The molecule has 2 aromatic carbocycles. The Labute approximate surface area is 216 Å². The second-order valence-corrected chi connectivity index (χ2v) is 9.31. The summed E-state index contributed by atoms with van der Waals surface area (Å²) < 4.78 is 33.9. The number of aryl methyl sites for hydroxylation is 2. The Hall–Kier alpha value is -3.36. The van der Waals surface area contributed by atoms with E-state index >= 15 is 0 Å². The second-order valence-electron chi connectivity index (χ2n) is 8.52. The lowest BCUT2D eigenvalue weighted by Gasteiger charge is -2.16. The molecule has 0 aliphatic heterocycles. The highest BCUT2D eigenvalue weighted by atomic mass is 35.5. The van der Waals surface area contributed by atoms with Gasteiger partial charge in [0, 0.05) is 29.3 Å². The monoisotopic (exact) mass is 530 g/mol. The molecule has 4 rings (SSSR count). The molecule has 2 aromatic heterocycles. The Morgan fingerprint density at radius 1 is 1.06 bits per heavy atom. The van der Waals surface area contributed by atoms with E-state index in [-0.39, 0.29) is 34.8 Å². The van der Waals surface area contributed by atoms with Gasteiger partial charge in [0.1, 0.15) is 29.9 Å². The van der Waals surface area contributed by atoms with Gasteiger partial charge in [0.2, 0.25) is 5.88 Å². The molecule has 0 spiro atoms. The van der Waals surface area contributed by atoms with Crippen LogP contribution in [0.1, 0.15) is 42.5 Å². The number of ether oxygens (including phenoxy) is 1. The molecule has 0 aliphatic carbocycles. The molecule has 0 atom stereocenters. The van der Waals surface area contributed by atoms with Gasteiger partial charge in [0.05, 0.1) is 16.4 Å². The van der Waals surface area contributed by atoms with Crippen molar-refractivity contribution in [3.63, 3.8) is 0 Å². The van der Waals surface area contributed by atoms with E-state index in [2.05, 4.69) is 9.97 Å². The first-order valence-corrected chi connectivity index (χ1v) is 11.8. The molecule has 6 nitrogen and oxygen atoms in total. The summed E-state index contributed by atoms with van der Waals surface area (Å²) in [4.78, 5) is 26.6. The largest absolute Gasteiger partial charge is 0.471 e. The molecule has 0 bridgehead atoms. The van der Waals surface area contributed by atoms with E-state index in [1.54, 1.807) is 25.3 Å². The first kappa shape index (κ1) is 25.7. The summed E-state index contributed by atoms with van der Waals surface area (Å²) in [6.45, 7) is 7.22. The van der Waals surface area contributed by atoms with Gasteiger partial charge in [-0.3, -0.25) is 9.36 Å². The van der Waals surface area contributed by atoms with E-state index in [0.29, 0.717) is 16.5 Å². The maximum Gasteiger partial charge on any atom is 0.280 e. The number of benzene rings is 2. The summed E-state index contributed by atoms with van der Waals surface area (Å²) in [5.74, 6) is -0.563. The molecule has 0 unspecified atom stereocenters. The molecule has 0 radical (unpaired) electrons. The fraction of sp³-hybridized carbons (Fsp3) is 0.231. The predicted octanol–water partition coefficient (Wildman–Crippen LogP) is 6.59. The fourth-order valence-electron chi connectivity index (χ4n) is 3.60. The highest BCUT2D eigenvalue weighted by molar-refractivity contribution is 6.33. The first-order valence-electron chi connectivity index (χ1n) is 11.1. The van der Waals surface area contributed by atoms with Gasteiger partial charge in [0.25, 0.3) is 5.56 Å². The van der Waals surface area contributed by atoms with Crippen LogP contribution >= 0.6 is 23.2 Å². The number of aromatic nitrogens is 4. The topological polar surface area (TPSA) is 69.9 Å². The molecule has 0 fully saturated rings. The molecule has 186 valence electrons. The zero-order valence-electron chi connectivity index (χ0n) is 19.9. The Kier molecular flexibility index (Phi) is 7.38. The molecular weight excluding hydrogens is 509 g/mol. The van der Waals surface area contributed by atoms with Gasteiger partial charge >= 0.3 is 0 Å². The van der Waals surface area contributed by atoms with Crippen LogP contribution in [0.3, 0.4) is 0 Å². The number of rotatable bonds is 6. The van der Waals surface area contributed by atoms with Crippen molar-refractivity contribution in [2.45, 2.75) is 40.2 Å². The standard InChI is InChI=1S/C26H22Cl2F2N4O2/c1-13(2)24-31-11-14(3)23(33-24)16-6-8-19(27)21(9-16)34-15(4)32-25(22(28)26(34)35)36-12-17-5-7-18(29)10-20(17)30/h5-11,13H,12H2,1-4H3. The van der Waals surface area contributed by atoms with Crippen molar-refractivity contribution in [1.82, 2.24) is 19.5 Å². The third-order valence-corrected chi connectivity index (χ3v) is 6.16. The van der Waals surface area contributed by atoms with Gasteiger partial charge in [-0.05, 0) is 43.7 Å². The van der Waals surface area contributed by atoms with E-state index in [1.165, 1.54) is 10.6 Å². The number of hydrogen-bond donors (Lipinski definition) is 0. The van der Waals surface area contributed by atoms with Crippen molar-refractivity contribution in [3.05, 3.63) is 97.4 Å². The van der Waals surface area contributed by atoms with Crippen LogP contribution in [-0.4, -0.2) is 19.5 Å². The average molecular weight is 531 g/mol. The van der Waals surface area contributed by atoms with Crippen LogP contribution in [0, 0.1) is 25.5 Å². The summed E-state index contributed by atoms with van der Waals surface area (Å²) in [7, 11) is 0. The smallest absolute Gasteiger partial charge is 0.280 e. The third kappa shape index (κ3) is 5.10. The lowest BCUT2D eigenvalue weighted by Crippen LogP contribution is -2.24. The summed E-state index contributed by atoms with van der Waals surface area (Å²) in [6, 6.07) is 8.33. The van der Waals surface area contributed by atoms with Gasteiger partial charge in [-0.2, -0.15) is 4.98 Å². The van der Waals surface area contributed by atoms with Crippen LogP contribution in [0.4, 0.5) is 8.78 Å². The van der Waals surface area contributed by atoms with E-state index < -0.39 is 17.2 Å². The van der Waals surface area contributed by atoms with E-state index in [9.17, 15) is 13.6 Å². The summed E-state index contributed by atoms with van der Waals surface area (Å²) >= 11 is 12.8. The highest BCUT2D eigenvalue weighted by Crippen LogP contribution is 2.30. The average Bonchev–Trinajstić information content (AvgIpc) is 2.83. The Morgan fingerprint density at radius 2 is 1.81 bits per heavy atom. The van der Waals surface area contributed by atoms with Crippen molar-refractivity contribution in [3.8, 4) is 22.8 Å². The van der Waals surface area contributed by atoms with Crippen LogP contribution in [0.25, 0.3) is 16.9 Å². The van der Waals surface area contributed by atoms with Gasteiger partial charge in [-0.1, -0.05) is 43.1 Å². The molecular formula is C26H22Cl2F2N4O2. The van der Waals surface area contributed by atoms with Crippen molar-refractivity contribution in [1.29, 1.82) is 0 Å². The normalized spacial score (nSPS) is 11.2. The highest BCUT2D eigenvalue weighted by Gasteiger charge is 2.19. The zero-order chi connectivity index (χ0) is 26.1. The quantitative estimate of drug-likeness (QED) is 0.281. The zero-order valence-corrected chi connectivity index (χ0v) is 21.5. The Balaban J connectivity index is 1.74. The Bertz CT molecular complexity index is 1520. The van der Waals surface area contributed by atoms with Gasteiger partial charge in [0.15, 0.2) is 5.02 Å². The van der Waals surface area contributed by atoms with Crippen molar-refractivity contribution >= 4 is 23.2 Å².